The van der Waals surface area contributed by atoms with Crippen molar-refractivity contribution >= 4 is 11.2 Å². The molecule has 4 heteroatoms. The van der Waals surface area contributed by atoms with Gasteiger partial charge in [-0.2, -0.15) is 0 Å². The number of phenols is 2. The van der Waals surface area contributed by atoms with E-state index in [0.29, 0.717) is 11.5 Å². The number of phenolic OH excluding ortho intramolecular Hbond substituents is 2. The van der Waals surface area contributed by atoms with Crippen molar-refractivity contribution in [3.05, 3.63) is 57.6 Å². The number of rotatable bonds is 2. The minimum Gasteiger partial charge on any atom is -0.616 e. The molecule has 40 heavy (non-hydrogen) atoms. The Morgan fingerprint density at radius 3 is 1.00 bits per heavy atom. The van der Waals surface area contributed by atoms with Crippen LogP contribution >= 0.6 is 0 Å². The Morgan fingerprint density at radius 2 is 0.775 bits per heavy atom. The van der Waals surface area contributed by atoms with Crippen molar-refractivity contribution in [3.63, 3.8) is 0 Å². The smallest absolute Gasteiger partial charge is 0.123 e. The maximum absolute atomic E-state index is 14.2. The lowest BCUT2D eigenvalue weighted by Gasteiger charge is -2.31. The zero-order chi connectivity index (χ0) is 30.2. The van der Waals surface area contributed by atoms with Crippen LogP contribution in [0.15, 0.2) is 24.3 Å². The summed E-state index contributed by atoms with van der Waals surface area (Å²) in [6, 6.07) is 8.87. The number of hydrogen-bond donors (Lipinski definition) is 2. The van der Waals surface area contributed by atoms with E-state index in [1.807, 2.05) is 0 Å². The van der Waals surface area contributed by atoms with Gasteiger partial charge in [-0.3, -0.25) is 0 Å². The lowest BCUT2D eigenvalue weighted by atomic mass is 9.73. The molecule has 4 rings (SSSR count). The van der Waals surface area contributed by atoms with Gasteiger partial charge in [0.25, 0.3) is 0 Å². The van der Waals surface area contributed by atoms with Crippen LogP contribution in [0.3, 0.4) is 0 Å². The second-order valence-electron chi connectivity index (χ2n) is 16.7. The summed E-state index contributed by atoms with van der Waals surface area (Å²) in [6.07, 6.45) is 3.91. The fraction of sp³-hybridized carbons (Fsp3) is 0.667. The van der Waals surface area contributed by atoms with Crippen molar-refractivity contribution in [2.75, 3.05) is 0 Å². The first-order chi connectivity index (χ1) is 18.1. The molecule has 2 bridgehead atoms. The molecular weight excluding hydrogens is 512 g/mol. The minimum atomic E-state index is -0.944. The molecule has 3 nitrogen and oxygen atoms in total. The summed E-state index contributed by atoms with van der Waals surface area (Å²) >= 11 is -0.944. The van der Waals surface area contributed by atoms with Gasteiger partial charge in [0.2, 0.25) is 0 Å². The molecule has 2 heterocycles. The lowest BCUT2D eigenvalue weighted by Crippen LogP contribution is -2.29. The van der Waals surface area contributed by atoms with Gasteiger partial charge in [-0.05, 0) is 79.1 Å². The highest BCUT2D eigenvalue weighted by molar-refractivity contribution is 7.93. The van der Waals surface area contributed by atoms with Crippen LogP contribution in [0.2, 0.25) is 0 Å². The Labute approximate surface area is 247 Å². The van der Waals surface area contributed by atoms with E-state index < -0.39 is 11.2 Å². The number of fused-ring (bicyclic) bond motifs is 2. The van der Waals surface area contributed by atoms with Gasteiger partial charge in [-0.25, -0.2) is 0 Å². The molecule has 2 aliphatic heterocycles. The number of benzene rings is 2. The van der Waals surface area contributed by atoms with Crippen LogP contribution in [0.25, 0.3) is 0 Å². The Hall–Kier alpha value is -1.65. The molecule has 0 aliphatic carbocycles. The molecule has 2 aromatic carbocycles. The zero-order valence-corrected chi connectivity index (χ0v) is 28.0. The maximum Gasteiger partial charge on any atom is 0.123 e. The van der Waals surface area contributed by atoms with E-state index in [1.54, 1.807) is 0 Å². The molecule has 2 aromatic rings. The van der Waals surface area contributed by atoms with E-state index in [-0.39, 0.29) is 44.0 Å². The average Bonchev–Trinajstić information content (AvgIpc) is 3.07. The van der Waals surface area contributed by atoms with Gasteiger partial charge < -0.3 is 14.8 Å². The van der Waals surface area contributed by atoms with Gasteiger partial charge in [-0.15, -0.1) is 0 Å². The highest BCUT2D eigenvalue weighted by atomic mass is 32.2. The van der Waals surface area contributed by atoms with Crippen LogP contribution in [0.1, 0.15) is 154 Å². The van der Waals surface area contributed by atoms with Crippen molar-refractivity contribution in [2.45, 2.75) is 153 Å². The molecule has 0 aromatic heterocycles. The fourth-order valence-electron chi connectivity index (χ4n) is 7.03. The third-order valence-corrected chi connectivity index (χ3v) is 11.7. The monoisotopic (exact) mass is 566 g/mol. The highest BCUT2D eigenvalue weighted by Crippen LogP contribution is 2.53. The average molecular weight is 567 g/mol. The van der Waals surface area contributed by atoms with Gasteiger partial charge in [0.1, 0.15) is 22.0 Å². The van der Waals surface area contributed by atoms with Crippen LogP contribution in [0.4, 0.5) is 0 Å². The number of hydrogen-bond acceptors (Lipinski definition) is 3. The zero-order valence-electron chi connectivity index (χ0n) is 27.2. The second kappa shape index (κ2) is 10.3. The Morgan fingerprint density at radius 1 is 0.525 bits per heavy atom. The van der Waals surface area contributed by atoms with Gasteiger partial charge in [0.05, 0.1) is 0 Å². The summed E-state index contributed by atoms with van der Waals surface area (Å²) in [7, 11) is 0. The minimum absolute atomic E-state index is 0.140. The Bertz CT molecular complexity index is 1080. The third-order valence-electron chi connectivity index (χ3n) is 9.37. The van der Waals surface area contributed by atoms with Gasteiger partial charge >= 0.3 is 0 Å². The molecule has 0 spiro atoms. The lowest BCUT2D eigenvalue weighted by molar-refractivity contribution is 0.416. The molecule has 0 radical (unpaired) electrons. The van der Waals surface area contributed by atoms with Gasteiger partial charge in [-0.1, -0.05) is 107 Å². The first kappa shape index (κ1) is 31.3. The fourth-order valence-corrected chi connectivity index (χ4v) is 9.45. The summed E-state index contributed by atoms with van der Waals surface area (Å²) in [4.78, 5) is 0. The molecule has 0 amide bonds. The van der Waals surface area contributed by atoms with E-state index in [4.69, 9.17) is 0 Å². The second-order valence-corrected chi connectivity index (χ2v) is 18.6. The van der Waals surface area contributed by atoms with Crippen molar-refractivity contribution < 1.29 is 14.8 Å². The largest absolute Gasteiger partial charge is 0.616 e. The highest BCUT2D eigenvalue weighted by Gasteiger charge is 2.51. The quantitative estimate of drug-likeness (QED) is 0.356. The van der Waals surface area contributed by atoms with Gasteiger partial charge in [0.15, 0.2) is 0 Å². The molecule has 2 fully saturated rings. The predicted molar refractivity (Wildman–Crippen MR) is 171 cm³/mol. The molecule has 4 unspecified atom stereocenters. The first-order valence-corrected chi connectivity index (χ1v) is 16.5. The van der Waals surface area contributed by atoms with E-state index in [0.717, 1.165) is 47.9 Å². The van der Waals surface area contributed by atoms with E-state index in [2.05, 4.69) is 107 Å². The van der Waals surface area contributed by atoms with Crippen LogP contribution in [-0.2, 0) is 32.8 Å². The molecule has 222 valence electrons. The number of aromatic hydroxyl groups is 2. The van der Waals surface area contributed by atoms with Crippen LogP contribution in [0.5, 0.6) is 11.5 Å². The van der Waals surface area contributed by atoms with Gasteiger partial charge in [0, 0.05) is 24.7 Å². The van der Waals surface area contributed by atoms with E-state index in [9.17, 15) is 14.8 Å². The summed E-state index contributed by atoms with van der Waals surface area (Å²) < 4.78 is 14.2. The maximum atomic E-state index is 14.2. The third kappa shape index (κ3) is 5.82. The topological polar surface area (TPSA) is 63.5 Å². The Balaban J connectivity index is 1.83. The van der Waals surface area contributed by atoms with E-state index in [1.165, 1.54) is 11.1 Å². The van der Waals surface area contributed by atoms with Crippen molar-refractivity contribution in [1.29, 1.82) is 0 Å². The van der Waals surface area contributed by atoms with Crippen molar-refractivity contribution in [1.82, 2.24) is 0 Å². The Kier molecular flexibility index (Phi) is 8.03. The van der Waals surface area contributed by atoms with Crippen LogP contribution < -0.4 is 0 Å². The summed E-state index contributed by atoms with van der Waals surface area (Å²) in [5.74, 6) is 1.24. The molecule has 4 atom stereocenters. The van der Waals surface area contributed by atoms with Crippen molar-refractivity contribution in [3.8, 4) is 11.5 Å². The molecule has 2 N–H and O–H groups in total. The van der Waals surface area contributed by atoms with Crippen LogP contribution in [-0.4, -0.2) is 25.3 Å². The summed E-state index contributed by atoms with van der Waals surface area (Å²) in [6.45, 7) is 25.9. The SMILES string of the molecule is CC(C)(C)c1cc(C2CCC(c3cc(C(C)(C)C)c(O)c(C(C)(C)C)c3)C3CCC2[S+]3[O-])cc(C(C)(C)C)c1O. The molecular formula is C36H54O3S. The van der Waals surface area contributed by atoms with Crippen LogP contribution in [0, 0.1) is 0 Å². The summed E-state index contributed by atoms with van der Waals surface area (Å²) in [5.41, 5.74) is 5.66. The predicted octanol–water partition coefficient (Wildman–Crippen LogP) is 9.23. The molecule has 2 saturated heterocycles. The normalized spacial score (nSPS) is 26.2. The van der Waals surface area contributed by atoms with E-state index >= 15 is 0 Å². The molecule has 2 aliphatic rings. The molecule has 0 saturated carbocycles. The first-order valence-electron chi connectivity index (χ1n) is 15.3. The van der Waals surface area contributed by atoms with Crippen molar-refractivity contribution in [2.24, 2.45) is 0 Å². The standard InChI is InChI=1S/C36H54O3S/c1-33(2,3)25-17-21(18-26(31(25)37)34(4,5)6)23-13-14-24(30-16-15-29(23)40(30)39)22-19-27(35(7,8)9)32(38)28(20-22)36(10,11)12/h17-20,23-24,29-30,37-38H,13-16H2,1-12H3. The summed E-state index contributed by atoms with van der Waals surface area (Å²) in [5, 5.41) is 23.0.